The largest absolute Gasteiger partial charge is 0.484 e. The molecule has 1 atom stereocenters. The van der Waals surface area contributed by atoms with Crippen LogP contribution in [0.3, 0.4) is 0 Å². The van der Waals surface area contributed by atoms with Crippen molar-refractivity contribution in [2.75, 3.05) is 20.1 Å². The average Bonchev–Trinajstić information content (AvgIpc) is 2.94. The Bertz CT molecular complexity index is 691. The number of carbonyl (C=O) groups is 1. The molecule has 3 rings (SSSR count). The van der Waals surface area contributed by atoms with Gasteiger partial charge in [-0.2, -0.15) is 0 Å². The molecule has 6 heteroatoms. The summed E-state index contributed by atoms with van der Waals surface area (Å²) in [6.07, 6.45) is 2.02. The summed E-state index contributed by atoms with van der Waals surface area (Å²) in [5.74, 6) is 0.804. The Hall–Kier alpha value is -1.82. The quantitative estimate of drug-likeness (QED) is 0.820. The summed E-state index contributed by atoms with van der Waals surface area (Å²) in [5.41, 5.74) is 2.14. The standard InChI is InChI=1S/C20H29FN2O3/c1-12-10-14-17(15(21)11-16(22-5)18(14)25-12)13-6-8-23(9-7-13)19(24)26-20(2,3)4/h11-13,22H,6-10H2,1-5H3/p+1/t12-/m1/s1. The van der Waals surface area contributed by atoms with E-state index in [1.54, 1.807) is 11.0 Å². The second kappa shape index (κ2) is 7.06. The second-order valence-electron chi connectivity index (χ2n) is 8.33. The topological polar surface area (TPSA) is 55.4 Å². The van der Waals surface area contributed by atoms with Crippen LogP contribution in [0.4, 0.5) is 14.9 Å². The lowest BCUT2D eigenvalue weighted by Crippen LogP contribution is -2.72. The molecule has 1 aromatic rings. The zero-order valence-electron chi connectivity index (χ0n) is 16.4. The fraction of sp³-hybridized carbons (Fsp3) is 0.650. The normalized spacial score (nSPS) is 20.7. The Morgan fingerprint density at radius 1 is 1.35 bits per heavy atom. The van der Waals surface area contributed by atoms with Crippen LogP contribution in [-0.2, 0) is 11.2 Å². The summed E-state index contributed by atoms with van der Waals surface area (Å²) >= 11 is 0. The average molecular weight is 365 g/mol. The van der Waals surface area contributed by atoms with E-state index < -0.39 is 5.60 Å². The third-order valence-electron chi connectivity index (χ3n) is 5.08. The number of hydrogen-bond acceptors (Lipinski definition) is 3. The molecular formula is C20H30FN2O3+. The Morgan fingerprint density at radius 3 is 2.58 bits per heavy atom. The number of halogens is 1. The van der Waals surface area contributed by atoms with Crippen molar-refractivity contribution in [3.63, 3.8) is 0 Å². The van der Waals surface area contributed by atoms with Crippen LogP contribution in [-0.4, -0.2) is 42.8 Å². The summed E-state index contributed by atoms with van der Waals surface area (Å²) in [6.45, 7) is 8.79. The molecule has 2 heterocycles. The molecule has 2 aliphatic heterocycles. The summed E-state index contributed by atoms with van der Waals surface area (Å²) in [5, 5.41) is 1.90. The van der Waals surface area contributed by atoms with Gasteiger partial charge in [-0.15, -0.1) is 0 Å². The van der Waals surface area contributed by atoms with Gasteiger partial charge in [0.05, 0.1) is 7.05 Å². The van der Waals surface area contributed by atoms with Gasteiger partial charge in [-0.1, -0.05) is 0 Å². The molecule has 5 nitrogen and oxygen atoms in total. The van der Waals surface area contributed by atoms with Gasteiger partial charge in [0.15, 0.2) is 11.4 Å². The Labute approximate surface area is 154 Å². The van der Waals surface area contributed by atoms with Crippen molar-refractivity contribution in [1.29, 1.82) is 0 Å². The number of amides is 1. The fourth-order valence-electron chi connectivity index (χ4n) is 3.93. The maximum atomic E-state index is 14.9. The van der Waals surface area contributed by atoms with E-state index in [0.717, 1.165) is 41.8 Å². The molecule has 2 N–H and O–H groups in total. The predicted octanol–water partition coefficient (Wildman–Crippen LogP) is 3.09. The molecule has 0 radical (unpaired) electrons. The first-order chi connectivity index (χ1) is 12.2. The van der Waals surface area contributed by atoms with Crippen LogP contribution in [0.15, 0.2) is 6.07 Å². The number of rotatable bonds is 2. The van der Waals surface area contributed by atoms with Crippen LogP contribution in [0.1, 0.15) is 57.6 Å². The Balaban J connectivity index is 1.77. The minimum Gasteiger partial charge on any atom is -0.484 e. The van der Waals surface area contributed by atoms with Crippen LogP contribution < -0.4 is 10.1 Å². The number of carbonyl (C=O) groups excluding carboxylic acids is 1. The van der Waals surface area contributed by atoms with E-state index >= 15 is 0 Å². The Morgan fingerprint density at radius 2 is 2.00 bits per heavy atom. The van der Waals surface area contributed by atoms with E-state index in [-0.39, 0.29) is 23.9 Å². The molecule has 0 bridgehead atoms. The molecule has 1 fully saturated rings. The van der Waals surface area contributed by atoms with Gasteiger partial charge in [-0.3, -0.25) is 0 Å². The summed E-state index contributed by atoms with van der Waals surface area (Å²) in [6, 6.07) is 1.59. The smallest absolute Gasteiger partial charge is 0.410 e. The summed E-state index contributed by atoms with van der Waals surface area (Å²) < 4.78 is 26.3. The van der Waals surface area contributed by atoms with E-state index in [1.807, 2.05) is 40.1 Å². The van der Waals surface area contributed by atoms with Gasteiger partial charge >= 0.3 is 6.09 Å². The SMILES string of the molecule is C[NH2+]c1cc(F)c(C2CCN(C(=O)OC(C)(C)C)CC2)c2c1O[C@H](C)C2. The number of piperidine rings is 1. The zero-order valence-corrected chi connectivity index (χ0v) is 16.4. The van der Waals surface area contributed by atoms with Gasteiger partial charge < -0.3 is 19.7 Å². The summed E-state index contributed by atoms with van der Waals surface area (Å²) in [4.78, 5) is 14.0. The highest BCUT2D eigenvalue weighted by Crippen LogP contribution is 2.43. The van der Waals surface area contributed by atoms with Crippen molar-refractivity contribution < 1.29 is 24.0 Å². The van der Waals surface area contributed by atoms with E-state index in [2.05, 4.69) is 0 Å². The molecule has 0 saturated carbocycles. The van der Waals surface area contributed by atoms with Gasteiger partial charge in [0.1, 0.15) is 17.5 Å². The van der Waals surface area contributed by atoms with Crippen molar-refractivity contribution in [1.82, 2.24) is 4.90 Å². The first-order valence-electron chi connectivity index (χ1n) is 9.48. The maximum Gasteiger partial charge on any atom is 0.410 e. The van der Waals surface area contributed by atoms with Gasteiger partial charge in [0, 0.05) is 31.1 Å². The maximum absolute atomic E-state index is 14.9. The van der Waals surface area contributed by atoms with Crippen LogP contribution in [0, 0.1) is 5.82 Å². The van der Waals surface area contributed by atoms with E-state index in [4.69, 9.17) is 9.47 Å². The summed E-state index contributed by atoms with van der Waals surface area (Å²) in [7, 11) is 1.90. The van der Waals surface area contributed by atoms with Crippen molar-refractivity contribution in [3.05, 3.63) is 23.0 Å². The zero-order chi connectivity index (χ0) is 19.1. The lowest BCUT2D eigenvalue weighted by molar-refractivity contribution is -0.540. The third kappa shape index (κ3) is 3.80. The van der Waals surface area contributed by atoms with Crippen molar-refractivity contribution >= 4 is 11.8 Å². The Kier molecular flexibility index (Phi) is 5.15. The van der Waals surface area contributed by atoms with Crippen LogP contribution >= 0.6 is 0 Å². The van der Waals surface area contributed by atoms with E-state index in [1.165, 1.54) is 0 Å². The number of nitrogens with two attached hydrogens (primary N) is 1. The molecule has 0 unspecified atom stereocenters. The fourth-order valence-corrected chi connectivity index (χ4v) is 3.93. The van der Waals surface area contributed by atoms with Gasteiger partial charge in [0.25, 0.3) is 0 Å². The van der Waals surface area contributed by atoms with Crippen LogP contribution in [0.25, 0.3) is 0 Å². The lowest BCUT2D eigenvalue weighted by Gasteiger charge is -2.34. The highest BCUT2D eigenvalue weighted by atomic mass is 19.1. The molecule has 0 aliphatic carbocycles. The predicted molar refractivity (Wildman–Crippen MR) is 97.5 cm³/mol. The van der Waals surface area contributed by atoms with Crippen molar-refractivity contribution in [3.8, 4) is 5.75 Å². The number of quaternary nitrogens is 1. The minimum atomic E-state index is -0.499. The number of ether oxygens (including phenoxy) is 2. The van der Waals surface area contributed by atoms with Gasteiger partial charge in [-0.25, -0.2) is 9.18 Å². The monoisotopic (exact) mass is 365 g/mol. The number of benzene rings is 1. The highest BCUT2D eigenvalue weighted by molar-refractivity contribution is 5.68. The van der Waals surface area contributed by atoms with Gasteiger partial charge in [-0.05, 0) is 52.0 Å². The molecule has 2 aliphatic rings. The van der Waals surface area contributed by atoms with Crippen LogP contribution in [0.2, 0.25) is 0 Å². The number of nitrogens with zero attached hydrogens (tertiary/aromatic N) is 1. The van der Waals surface area contributed by atoms with Crippen molar-refractivity contribution in [2.45, 2.75) is 64.6 Å². The second-order valence-corrected chi connectivity index (χ2v) is 8.33. The lowest BCUT2D eigenvalue weighted by atomic mass is 9.84. The van der Waals surface area contributed by atoms with Gasteiger partial charge in [0.2, 0.25) is 0 Å². The van der Waals surface area contributed by atoms with Crippen molar-refractivity contribution in [2.24, 2.45) is 0 Å². The first-order valence-corrected chi connectivity index (χ1v) is 9.48. The molecule has 1 aromatic carbocycles. The first kappa shape index (κ1) is 19.0. The number of likely N-dealkylation sites (tertiary alicyclic amines) is 1. The molecule has 1 saturated heterocycles. The third-order valence-corrected chi connectivity index (χ3v) is 5.08. The molecular weight excluding hydrogens is 335 g/mol. The highest BCUT2D eigenvalue weighted by Gasteiger charge is 2.35. The minimum absolute atomic E-state index is 0.0751. The van der Waals surface area contributed by atoms with E-state index in [9.17, 15) is 9.18 Å². The van der Waals surface area contributed by atoms with Crippen LogP contribution in [0.5, 0.6) is 5.75 Å². The van der Waals surface area contributed by atoms with E-state index in [0.29, 0.717) is 13.1 Å². The number of hydrogen-bond donors (Lipinski definition) is 1. The molecule has 1 amide bonds. The molecule has 144 valence electrons. The molecule has 0 spiro atoms. The number of fused-ring (bicyclic) bond motifs is 1. The molecule has 26 heavy (non-hydrogen) atoms. The molecule has 0 aromatic heterocycles.